The number of hydrogen-bond acceptors (Lipinski definition) is 6. The van der Waals surface area contributed by atoms with Crippen molar-refractivity contribution in [2.24, 2.45) is 5.10 Å². The lowest BCUT2D eigenvalue weighted by atomic mass is 10.2. The fourth-order valence-electron chi connectivity index (χ4n) is 2.69. The molecule has 0 aliphatic heterocycles. The highest BCUT2D eigenvalue weighted by atomic mass is 35.5. The molecule has 10 heteroatoms. The number of nitrogens with one attached hydrogen (secondary N) is 1. The molecule has 0 spiro atoms. The van der Waals surface area contributed by atoms with E-state index in [2.05, 4.69) is 10.5 Å². The van der Waals surface area contributed by atoms with Crippen molar-refractivity contribution in [3.8, 4) is 17.2 Å². The van der Waals surface area contributed by atoms with E-state index in [1.807, 2.05) is 0 Å². The van der Waals surface area contributed by atoms with Gasteiger partial charge in [-0.2, -0.15) is 5.10 Å². The van der Waals surface area contributed by atoms with Crippen LogP contribution in [0.1, 0.15) is 22.8 Å². The van der Waals surface area contributed by atoms with Crippen LogP contribution in [0.3, 0.4) is 0 Å². The van der Waals surface area contributed by atoms with Crippen molar-refractivity contribution in [3.63, 3.8) is 0 Å². The van der Waals surface area contributed by atoms with Gasteiger partial charge in [0, 0.05) is 5.02 Å². The standard InChI is InChI=1S/C24H19Cl3N2O5/c1-2-32-22-11-15(7-9-21(22)34-24(31)17-5-3-4-6-18(17)26)13-28-29-23(30)14-33-20-10-8-16(25)12-19(20)27/h3-13H,2,14H2,1H3,(H,29,30)/b28-13+. The number of hydrazone groups is 1. The van der Waals surface area contributed by atoms with Gasteiger partial charge in [-0.25, -0.2) is 10.2 Å². The summed E-state index contributed by atoms with van der Waals surface area (Å²) in [7, 11) is 0. The summed E-state index contributed by atoms with van der Waals surface area (Å²) in [6.07, 6.45) is 1.41. The largest absolute Gasteiger partial charge is 0.490 e. The summed E-state index contributed by atoms with van der Waals surface area (Å²) < 4.78 is 16.4. The van der Waals surface area contributed by atoms with E-state index in [-0.39, 0.29) is 22.9 Å². The summed E-state index contributed by atoms with van der Waals surface area (Å²) in [6, 6.07) is 16.1. The van der Waals surface area contributed by atoms with Gasteiger partial charge in [-0.05, 0) is 61.0 Å². The number of ether oxygens (including phenoxy) is 3. The summed E-state index contributed by atoms with van der Waals surface area (Å²) >= 11 is 17.9. The summed E-state index contributed by atoms with van der Waals surface area (Å²) in [6.45, 7) is 1.85. The van der Waals surface area contributed by atoms with E-state index in [0.717, 1.165) is 0 Å². The molecule has 34 heavy (non-hydrogen) atoms. The van der Waals surface area contributed by atoms with Crippen LogP contribution in [0, 0.1) is 0 Å². The molecule has 3 aromatic carbocycles. The third-order valence-corrected chi connectivity index (χ3v) is 5.08. The first-order valence-corrected chi connectivity index (χ1v) is 11.1. The Bertz CT molecular complexity index is 1220. The quantitative estimate of drug-likeness (QED) is 0.167. The van der Waals surface area contributed by atoms with Crippen molar-refractivity contribution < 1.29 is 23.8 Å². The van der Waals surface area contributed by atoms with Gasteiger partial charge in [0.1, 0.15) is 5.75 Å². The lowest BCUT2D eigenvalue weighted by Crippen LogP contribution is -2.24. The number of amides is 1. The number of nitrogens with zero attached hydrogens (tertiary/aromatic N) is 1. The van der Waals surface area contributed by atoms with Gasteiger partial charge >= 0.3 is 5.97 Å². The topological polar surface area (TPSA) is 86.2 Å². The number of esters is 1. The molecule has 1 amide bonds. The van der Waals surface area contributed by atoms with Crippen LogP contribution in [-0.2, 0) is 4.79 Å². The SMILES string of the molecule is CCOc1cc(/C=N/NC(=O)COc2ccc(Cl)cc2Cl)ccc1OC(=O)c1ccccc1Cl. The second-order valence-electron chi connectivity index (χ2n) is 6.67. The number of hydrogen-bond donors (Lipinski definition) is 1. The van der Waals surface area contributed by atoms with Crippen LogP contribution < -0.4 is 19.6 Å². The molecule has 3 rings (SSSR count). The Labute approximate surface area is 211 Å². The van der Waals surface area contributed by atoms with Gasteiger partial charge in [0.2, 0.25) is 0 Å². The second-order valence-corrected chi connectivity index (χ2v) is 7.92. The van der Waals surface area contributed by atoms with Crippen molar-refractivity contribution in [2.45, 2.75) is 6.92 Å². The predicted octanol–water partition coefficient (Wildman–Crippen LogP) is 5.79. The molecule has 3 aromatic rings. The first-order valence-electron chi connectivity index (χ1n) is 10.0. The first kappa shape index (κ1) is 25.4. The van der Waals surface area contributed by atoms with Gasteiger partial charge in [-0.3, -0.25) is 4.79 Å². The third-order valence-electron chi connectivity index (χ3n) is 4.22. The minimum Gasteiger partial charge on any atom is -0.490 e. The highest BCUT2D eigenvalue weighted by Crippen LogP contribution is 2.30. The van der Waals surface area contributed by atoms with Gasteiger partial charge < -0.3 is 14.2 Å². The van der Waals surface area contributed by atoms with E-state index in [9.17, 15) is 9.59 Å². The average molecular weight is 522 g/mol. The lowest BCUT2D eigenvalue weighted by Gasteiger charge is -2.12. The van der Waals surface area contributed by atoms with Gasteiger partial charge in [0.05, 0.1) is 28.4 Å². The smallest absolute Gasteiger partial charge is 0.345 e. The van der Waals surface area contributed by atoms with Gasteiger partial charge in [0.25, 0.3) is 5.91 Å². The normalized spacial score (nSPS) is 10.7. The van der Waals surface area contributed by atoms with E-state index in [1.54, 1.807) is 61.5 Å². The van der Waals surface area contributed by atoms with Gasteiger partial charge in [-0.15, -0.1) is 0 Å². The highest BCUT2D eigenvalue weighted by Gasteiger charge is 2.15. The highest BCUT2D eigenvalue weighted by molar-refractivity contribution is 6.35. The zero-order chi connectivity index (χ0) is 24.5. The molecular weight excluding hydrogens is 503 g/mol. The minimum atomic E-state index is -0.610. The van der Waals surface area contributed by atoms with Crippen LogP contribution in [-0.4, -0.2) is 31.3 Å². The van der Waals surface area contributed by atoms with Crippen LogP contribution >= 0.6 is 34.8 Å². The number of halogens is 3. The van der Waals surface area contributed by atoms with Crippen molar-refractivity contribution in [1.29, 1.82) is 0 Å². The molecular formula is C24H19Cl3N2O5. The molecule has 0 heterocycles. The van der Waals surface area contributed by atoms with Crippen molar-refractivity contribution in [3.05, 3.63) is 86.9 Å². The zero-order valence-corrected chi connectivity index (χ0v) is 20.2. The Morgan fingerprint density at radius 1 is 0.912 bits per heavy atom. The van der Waals surface area contributed by atoms with Crippen LogP contribution in [0.15, 0.2) is 65.8 Å². The lowest BCUT2D eigenvalue weighted by molar-refractivity contribution is -0.123. The van der Waals surface area contributed by atoms with Crippen LogP contribution in [0.2, 0.25) is 15.1 Å². The first-order chi connectivity index (χ1) is 16.4. The molecule has 0 unspecified atom stereocenters. The fraction of sp³-hybridized carbons (Fsp3) is 0.125. The summed E-state index contributed by atoms with van der Waals surface area (Å²) in [5, 5.41) is 4.94. The number of rotatable bonds is 9. The molecule has 0 bridgehead atoms. The molecule has 176 valence electrons. The number of carbonyl (C=O) groups is 2. The molecule has 7 nitrogen and oxygen atoms in total. The molecule has 1 N–H and O–H groups in total. The van der Waals surface area contributed by atoms with Crippen molar-refractivity contribution in [2.75, 3.05) is 13.2 Å². The van der Waals surface area contributed by atoms with Crippen LogP contribution in [0.4, 0.5) is 0 Å². The molecule has 0 saturated heterocycles. The predicted molar refractivity (Wildman–Crippen MR) is 132 cm³/mol. The maximum atomic E-state index is 12.5. The molecule has 0 radical (unpaired) electrons. The molecule has 0 saturated carbocycles. The van der Waals surface area contributed by atoms with Crippen LogP contribution in [0.5, 0.6) is 17.2 Å². The summed E-state index contributed by atoms with van der Waals surface area (Å²) in [5.74, 6) is -0.216. The van der Waals surface area contributed by atoms with E-state index in [1.165, 1.54) is 12.3 Å². The third kappa shape index (κ3) is 7.12. The van der Waals surface area contributed by atoms with Gasteiger partial charge in [-0.1, -0.05) is 46.9 Å². The van der Waals surface area contributed by atoms with E-state index in [4.69, 9.17) is 49.0 Å². The molecule has 0 aliphatic rings. The Kier molecular flexibility index (Phi) is 9.16. The van der Waals surface area contributed by atoms with E-state index >= 15 is 0 Å². The summed E-state index contributed by atoms with van der Waals surface area (Å²) in [4.78, 5) is 24.4. The molecule has 0 atom stereocenters. The zero-order valence-electron chi connectivity index (χ0n) is 17.9. The Morgan fingerprint density at radius 3 is 2.41 bits per heavy atom. The second kappa shape index (κ2) is 12.3. The van der Waals surface area contributed by atoms with E-state index < -0.39 is 11.9 Å². The summed E-state index contributed by atoms with van der Waals surface area (Å²) in [5.41, 5.74) is 3.19. The van der Waals surface area contributed by atoms with Gasteiger partial charge in [0.15, 0.2) is 18.1 Å². The molecule has 0 aromatic heterocycles. The van der Waals surface area contributed by atoms with Crippen LogP contribution in [0.25, 0.3) is 0 Å². The minimum absolute atomic E-state index is 0.223. The molecule has 0 fully saturated rings. The van der Waals surface area contributed by atoms with Crippen molar-refractivity contribution >= 4 is 52.9 Å². The number of benzene rings is 3. The maximum Gasteiger partial charge on any atom is 0.345 e. The fourth-order valence-corrected chi connectivity index (χ4v) is 3.36. The molecule has 0 aliphatic carbocycles. The Hall–Kier alpha value is -3.26. The maximum absolute atomic E-state index is 12.5. The Morgan fingerprint density at radius 2 is 1.68 bits per heavy atom. The van der Waals surface area contributed by atoms with Crippen molar-refractivity contribution in [1.82, 2.24) is 5.43 Å². The average Bonchev–Trinajstić information content (AvgIpc) is 2.80. The monoisotopic (exact) mass is 520 g/mol. The van der Waals surface area contributed by atoms with E-state index in [0.29, 0.717) is 33.7 Å². The number of carbonyl (C=O) groups excluding carboxylic acids is 2. The Balaban J connectivity index is 1.61.